The van der Waals surface area contributed by atoms with E-state index in [0.717, 1.165) is 45.5 Å². The van der Waals surface area contributed by atoms with E-state index in [1.54, 1.807) is 0 Å². The van der Waals surface area contributed by atoms with E-state index >= 15 is 0 Å². The molecule has 74 valence electrons. The molecule has 1 atom stereocenters. The minimum atomic E-state index is -0.132. The number of hydrogen-bond acceptors (Lipinski definition) is 3. The maximum Gasteiger partial charge on any atom is 0.0721 e. The molecule has 0 aromatic rings. The topological polar surface area (TPSA) is 38.7 Å². The monoisotopic (exact) mass is 184 g/mol. The molecule has 0 radical (unpaired) electrons. The van der Waals surface area contributed by atoms with Crippen LogP contribution >= 0.6 is 0 Å². The van der Waals surface area contributed by atoms with Crippen molar-refractivity contribution in [3.8, 4) is 0 Å². The minimum Gasteiger partial charge on any atom is -0.393 e. The molecule has 3 rings (SSSR count). The molecule has 2 spiro atoms. The molecule has 0 bridgehead atoms. The summed E-state index contributed by atoms with van der Waals surface area (Å²) in [5.74, 6) is 0. The second-order valence-corrected chi connectivity index (χ2v) is 5.02. The zero-order valence-electron chi connectivity index (χ0n) is 7.79. The van der Waals surface area contributed by atoms with Gasteiger partial charge >= 0.3 is 0 Å². The third-order valence-corrected chi connectivity index (χ3v) is 3.68. The van der Waals surface area contributed by atoms with Crippen molar-refractivity contribution in [3.05, 3.63) is 0 Å². The van der Waals surface area contributed by atoms with Gasteiger partial charge in [0.15, 0.2) is 0 Å². The first-order valence-corrected chi connectivity index (χ1v) is 5.12. The van der Waals surface area contributed by atoms with E-state index in [-0.39, 0.29) is 11.7 Å². The number of hydrogen-bond donors (Lipinski definition) is 1. The van der Waals surface area contributed by atoms with E-state index in [9.17, 15) is 5.11 Å². The second kappa shape index (κ2) is 2.47. The minimum absolute atomic E-state index is 0.0292. The average Bonchev–Trinajstić information content (AvgIpc) is 1.96. The first kappa shape index (κ1) is 8.21. The Morgan fingerprint density at radius 3 is 2.54 bits per heavy atom. The number of ether oxygens (including phenoxy) is 2. The summed E-state index contributed by atoms with van der Waals surface area (Å²) in [6.45, 7) is 2.56. The fourth-order valence-corrected chi connectivity index (χ4v) is 3.16. The average molecular weight is 184 g/mol. The molecular formula is C10H16O3. The maximum atomic E-state index is 9.56. The molecule has 2 aliphatic heterocycles. The Morgan fingerprint density at radius 1 is 1.23 bits per heavy atom. The van der Waals surface area contributed by atoms with Crippen molar-refractivity contribution in [1.29, 1.82) is 0 Å². The highest BCUT2D eigenvalue weighted by atomic mass is 16.5. The Hall–Kier alpha value is -0.120. The van der Waals surface area contributed by atoms with Crippen molar-refractivity contribution in [2.75, 3.05) is 19.8 Å². The summed E-state index contributed by atoms with van der Waals surface area (Å²) in [6.07, 6.45) is 3.74. The van der Waals surface area contributed by atoms with Crippen LogP contribution < -0.4 is 0 Å². The summed E-state index contributed by atoms with van der Waals surface area (Å²) >= 11 is 0. The summed E-state index contributed by atoms with van der Waals surface area (Å²) in [5.41, 5.74) is 0.471. The largest absolute Gasteiger partial charge is 0.393 e. The van der Waals surface area contributed by atoms with E-state index in [0.29, 0.717) is 5.41 Å². The van der Waals surface area contributed by atoms with Gasteiger partial charge in [-0.15, -0.1) is 0 Å². The first-order valence-electron chi connectivity index (χ1n) is 5.12. The molecule has 3 fully saturated rings. The van der Waals surface area contributed by atoms with Gasteiger partial charge in [0.1, 0.15) is 0 Å². The third kappa shape index (κ3) is 1.14. The van der Waals surface area contributed by atoms with Gasteiger partial charge < -0.3 is 14.6 Å². The smallest absolute Gasteiger partial charge is 0.0721 e. The predicted octanol–water partition coefficient (Wildman–Crippen LogP) is 0.707. The Morgan fingerprint density at radius 2 is 2.00 bits per heavy atom. The van der Waals surface area contributed by atoms with Gasteiger partial charge in [-0.3, -0.25) is 0 Å². The van der Waals surface area contributed by atoms with Gasteiger partial charge in [0, 0.05) is 18.4 Å². The standard InChI is InChI=1S/C10H16O3/c11-8-1-2-13-10(3-8)4-9(5-10)6-12-7-9/h8,11H,1-7H2. The summed E-state index contributed by atoms with van der Waals surface area (Å²) in [6, 6.07) is 0. The van der Waals surface area contributed by atoms with Crippen molar-refractivity contribution in [1.82, 2.24) is 0 Å². The maximum absolute atomic E-state index is 9.56. The molecule has 3 heteroatoms. The van der Waals surface area contributed by atoms with Gasteiger partial charge in [-0.25, -0.2) is 0 Å². The van der Waals surface area contributed by atoms with Crippen LogP contribution in [0.1, 0.15) is 25.7 Å². The van der Waals surface area contributed by atoms with E-state index < -0.39 is 0 Å². The summed E-state index contributed by atoms with van der Waals surface area (Å²) in [7, 11) is 0. The molecule has 0 aromatic carbocycles. The van der Waals surface area contributed by atoms with Crippen LogP contribution in [0.3, 0.4) is 0 Å². The number of aliphatic hydroxyl groups is 1. The lowest BCUT2D eigenvalue weighted by molar-refractivity contribution is -0.275. The molecule has 1 unspecified atom stereocenters. The predicted molar refractivity (Wildman–Crippen MR) is 46.4 cm³/mol. The van der Waals surface area contributed by atoms with Gasteiger partial charge in [0.2, 0.25) is 0 Å². The molecule has 1 N–H and O–H groups in total. The van der Waals surface area contributed by atoms with Crippen LogP contribution in [0.4, 0.5) is 0 Å². The van der Waals surface area contributed by atoms with Gasteiger partial charge in [-0.1, -0.05) is 0 Å². The fraction of sp³-hybridized carbons (Fsp3) is 1.00. The van der Waals surface area contributed by atoms with Crippen LogP contribution in [-0.4, -0.2) is 36.6 Å². The molecule has 0 aromatic heterocycles. The highest BCUT2D eigenvalue weighted by Crippen LogP contribution is 2.57. The van der Waals surface area contributed by atoms with Crippen molar-refractivity contribution in [2.45, 2.75) is 37.4 Å². The quantitative estimate of drug-likeness (QED) is 0.602. The Balaban J connectivity index is 1.65. The molecule has 13 heavy (non-hydrogen) atoms. The normalized spacial score (nSPS) is 39.9. The van der Waals surface area contributed by atoms with E-state index in [1.165, 1.54) is 0 Å². The lowest BCUT2D eigenvalue weighted by atomic mass is 9.56. The summed E-state index contributed by atoms with van der Waals surface area (Å²) in [4.78, 5) is 0. The van der Waals surface area contributed by atoms with Crippen LogP contribution in [0, 0.1) is 5.41 Å². The molecule has 0 amide bonds. The van der Waals surface area contributed by atoms with E-state index in [2.05, 4.69) is 0 Å². The molecular weight excluding hydrogens is 168 g/mol. The highest BCUT2D eigenvalue weighted by Gasteiger charge is 2.60. The molecule has 3 aliphatic rings. The van der Waals surface area contributed by atoms with Crippen molar-refractivity contribution < 1.29 is 14.6 Å². The van der Waals surface area contributed by atoms with Gasteiger partial charge in [-0.2, -0.15) is 0 Å². The van der Waals surface area contributed by atoms with Crippen molar-refractivity contribution in [2.24, 2.45) is 5.41 Å². The van der Waals surface area contributed by atoms with Crippen LogP contribution in [0.25, 0.3) is 0 Å². The lowest BCUT2D eigenvalue weighted by Crippen LogP contribution is -2.64. The molecule has 1 saturated carbocycles. The van der Waals surface area contributed by atoms with Crippen molar-refractivity contribution in [3.63, 3.8) is 0 Å². The lowest BCUT2D eigenvalue weighted by Gasteiger charge is -2.61. The Labute approximate surface area is 78.0 Å². The molecule has 2 heterocycles. The van der Waals surface area contributed by atoms with Crippen LogP contribution in [0.2, 0.25) is 0 Å². The zero-order chi connectivity index (χ0) is 8.94. The van der Waals surface area contributed by atoms with Gasteiger partial charge in [-0.05, 0) is 19.3 Å². The molecule has 2 saturated heterocycles. The highest BCUT2D eigenvalue weighted by molar-refractivity contribution is 5.09. The third-order valence-electron chi connectivity index (χ3n) is 3.68. The number of aliphatic hydroxyl groups excluding tert-OH is 1. The van der Waals surface area contributed by atoms with Crippen LogP contribution in [-0.2, 0) is 9.47 Å². The second-order valence-electron chi connectivity index (χ2n) is 5.02. The van der Waals surface area contributed by atoms with Gasteiger partial charge in [0.05, 0.1) is 24.9 Å². The van der Waals surface area contributed by atoms with Gasteiger partial charge in [0.25, 0.3) is 0 Å². The summed E-state index contributed by atoms with van der Waals surface area (Å²) in [5, 5.41) is 9.56. The SMILES string of the molecule is OC1CCOC2(C1)CC1(COC1)C2. The molecule has 3 nitrogen and oxygen atoms in total. The zero-order valence-corrected chi connectivity index (χ0v) is 7.79. The Bertz CT molecular complexity index is 214. The fourth-order valence-electron chi connectivity index (χ4n) is 3.16. The Kier molecular flexibility index (Phi) is 1.56. The van der Waals surface area contributed by atoms with E-state index in [4.69, 9.17) is 9.47 Å². The summed E-state index contributed by atoms with van der Waals surface area (Å²) < 4.78 is 11.0. The molecule has 1 aliphatic carbocycles. The van der Waals surface area contributed by atoms with Crippen LogP contribution in [0.15, 0.2) is 0 Å². The van der Waals surface area contributed by atoms with E-state index in [1.807, 2.05) is 0 Å². The first-order chi connectivity index (χ1) is 6.22. The van der Waals surface area contributed by atoms with Crippen molar-refractivity contribution >= 4 is 0 Å². The van der Waals surface area contributed by atoms with Crippen LogP contribution in [0.5, 0.6) is 0 Å². The number of rotatable bonds is 0.